The average molecular weight is 206 g/mol. The van der Waals surface area contributed by atoms with E-state index < -0.39 is 0 Å². The lowest BCUT2D eigenvalue weighted by Crippen LogP contribution is -2.30. The van der Waals surface area contributed by atoms with Gasteiger partial charge in [0.15, 0.2) is 0 Å². The van der Waals surface area contributed by atoms with Crippen molar-refractivity contribution in [3.8, 4) is 0 Å². The molecule has 0 bridgehead atoms. The zero-order valence-electron chi connectivity index (χ0n) is 9.55. The van der Waals surface area contributed by atoms with Crippen molar-refractivity contribution in [2.24, 2.45) is 0 Å². The number of benzene rings is 1. The third-order valence-electron chi connectivity index (χ3n) is 2.51. The van der Waals surface area contributed by atoms with Crippen LogP contribution in [0.25, 0.3) is 0 Å². The molecule has 82 valence electrons. The summed E-state index contributed by atoms with van der Waals surface area (Å²) in [4.78, 5) is 11.8. The number of nitrogens with one attached hydrogen (secondary N) is 2. The molecule has 0 aliphatic carbocycles. The number of hydrogen-bond acceptors (Lipinski definition) is 2. The van der Waals surface area contributed by atoms with E-state index in [0.29, 0.717) is 6.54 Å². The Labute approximate surface area is 90.9 Å². The first-order valence-electron chi connectivity index (χ1n) is 5.16. The maximum atomic E-state index is 11.8. The van der Waals surface area contributed by atoms with Gasteiger partial charge in [-0.2, -0.15) is 0 Å². The predicted octanol–water partition coefficient (Wildman–Crippen LogP) is 1.25. The van der Waals surface area contributed by atoms with E-state index in [4.69, 9.17) is 0 Å². The predicted molar refractivity (Wildman–Crippen MR) is 62.2 cm³/mol. The number of aryl methyl sites for hydroxylation is 1. The van der Waals surface area contributed by atoms with Gasteiger partial charge in [-0.05, 0) is 38.1 Å². The zero-order chi connectivity index (χ0) is 11.3. The van der Waals surface area contributed by atoms with E-state index in [9.17, 15) is 4.79 Å². The smallest absolute Gasteiger partial charge is 0.251 e. The van der Waals surface area contributed by atoms with Crippen molar-refractivity contribution < 1.29 is 4.79 Å². The summed E-state index contributed by atoms with van der Waals surface area (Å²) in [5.41, 5.74) is 2.97. The molecule has 0 radical (unpaired) electrons. The van der Waals surface area contributed by atoms with Gasteiger partial charge < -0.3 is 10.6 Å². The van der Waals surface area contributed by atoms with E-state index in [1.807, 2.05) is 39.1 Å². The molecule has 1 rings (SSSR count). The highest BCUT2D eigenvalue weighted by Gasteiger charge is 2.08. The van der Waals surface area contributed by atoms with Gasteiger partial charge in [0, 0.05) is 18.7 Å². The van der Waals surface area contributed by atoms with Crippen molar-refractivity contribution >= 4 is 5.91 Å². The summed E-state index contributed by atoms with van der Waals surface area (Å²) in [7, 11) is 1.87. The summed E-state index contributed by atoms with van der Waals surface area (Å²) >= 11 is 0. The quantitative estimate of drug-likeness (QED) is 0.728. The van der Waals surface area contributed by atoms with Crippen LogP contribution >= 0.6 is 0 Å². The maximum Gasteiger partial charge on any atom is 0.251 e. The van der Waals surface area contributed by atoms with Crippen molar-refractivity contribution in [2.45, 2.75) is 13.8 Å². The first-order chi connectivity index (χ1) is 7.16. The minimum absolute atomic E-state index is 0.00597. The van der Waals surface area contributed by atoms with Gasteiger partial charge in [-0.15, -0.1) is 0 Å². The lowest BCUT2D eigenvalue weighted by molar-refractivity contribution is 0.0953. The van der Waals surface area contributed by atoms with Crippen LogP contribution in [0.2, 0.25) is 0 Å². The molecule has 0 saturated heterocycles. The van der Waals surface area contributed by atoms with E-state index >= 15 is 0 Å². The molecule has 3 heteroatoms. The van der Waals surface area contributed by atoms with Crippen LogP contribution in [-0.2, 0) is 0 Å². The van der Waals surface area contributed by atoms with Crippen LogP contribution in [0, 0.1) is 13.8 Å². The zero-order valence-corrected chi connectivity index (χ0v) is 9.55. The monoisotopic (exact) mass is 206 g/mol. The Morgan fingerprint density at radius 2 is 2.00 bits per heavy atom. The van der Waals surface area contributed by atoms with Crippen molar-refractivity contribution in [1.82, 2.24) is 10.6 Å². The van der Waals surface area contributed by atoms with Crippen molar-refractivity contribution in [1.29, 1.82) is 0 Å². The second-order valence-corrected chi connectivity index (χ2v) is 3.61. The third kappa shape index (κ3) is 3.06. The summed E-state index contributed by atoms with van der Waals surface area (Å²) in [6.45, 7) is 5.43. The van der Waals surface area contributed by atoms with E-state index in [0.717, 1.165) is 23.2 Å². The number of amides is 1. The second-order valence-electron chi connectivity index (χ2n) is 3.61. The van der Waals surface area contributed by atoms with Crippen molar-refractivity contribution in [3.05, 3.63) is 34.9 Å². The SMILES string of the molecule is CNCCNC(=O)c1cccc(C)c1C. The molecule has 2 N–H and O–H groups in total. The third-order valence-corrected chi connectivity index (χ3v) is 2.51. The normalized spacial score (nSPS) is 10.1. The summed E-state index contributed by atoms with van der Waals surface area (Å²) in [5.74, 6) is 0.00597. The molecule has 0 unspecified atom stereocenters. The van der Waals surface area contributed by atoms with E-state index in [-0.39, 0.29) is 5.91 Å². The fraction of sp³-hybridized carbons (Fsp3) is 0.417. The fourth-order valence-corrected chi connectivity index (χ4v) is 1.39. The maximum absolute atomic E-state index is 11.8. The first-order valence-corrected chi connectivity index (χ1v) is 5.16. The van der Waals surface area contributed by atoms with Crippen LogP contribution < -0.4 is 10.6 Å². The Morgan fingerprint density at radius 3 is 2.67 bits per heavy atom. The Kier molecular flexibility index (Phi) is 4.31. The number of rotatable bonds is 4. The fourth-order valence-electron chi connectivity index (χ4n) is 1.39. The Hall–Kier alpha value is -1.35. The molecular weight excluding hydrogens is 188 g/mol. The Balaban J connectivity index is 2.69. The van der Waals surface area contributed by atoms with Crippen molar-refractivity contribution in [3.63, 3.8) is 0 Å². The minimum Gasteiger partial charge on any atom is -0.351 e. The molecular formula is C12H18N2O. The largest absolute Gasteiger partial charge is 0.351 e. The highest BCUT2D eigenvalue weighted by atomic mass is 16.1. The molecule has 0 spiro atoms. The summed E-state index contributed by atoms with van der Waals surface area (Å²) in [6, 6.07) is 5.78. The molecule has 0 fully saturated rings. The molecule has 0 aromatic heterocycles. The lowest BCUT2D eigenvalue weighted by atomic mass is 10.0. The molecule has 1 aromatic carbocycles. The second kappa shape index (κ2) is 5.51. The number of carbonyl (C=O) groups is 1. The van der Waals surface area contributed by atoms with E-state index in [2.05, 4.69) is 10.6 Å². The summed E-state index contributed by atoms with van der Waals surface area (Å²) < 4.78 is 0. The molecule has 1 aromatic rings. The molecule has 0 saturated carbocycles. The highest BCUT2D eigenvalue weighted by molar-refractivity contribution is 5.95. The topological polar surface area (TPSA) is 41.1 Å². The molecule has 3 nitrogen and oxygen atoms in total. The van der Waals surface area contributed by atoms with E-state index in [1.165, 1.54) is 0 Å². The Morgan fingerprint density at radius 1 is 1.27 bits per heavy atom. The van der Waals surface area contributed by atoms with E-state index in [1.54, 1.807) is 0 Å². The summed E-state index contributed by atoms with van der Waals surface area (Å²) in [6.07, 6.45) is 0. The van der Waals surface area contributed by atoms with Gasteiger partial charge in [-0.1, -0.05) is 12.1 Å². The van der Waals surface area contributed by atoms with Gasteiger partial charge >= 0.3 is 0 Å². The van der Waals surface area contributed by atoms with Crippen LogP contribution in [0.3, 0.4) is 0 Å². The van der Waals surface area contributed by atoms with Crippen molar-refractivity contribution in [2.75, 3.05) is 20.1 Å². The first kappa shape index (κ1) is 11.7. The lowest BCUT2D eigenvalue weighted by Gasteiger charge is -2.09. The average Bonchev–Trinajstić information content (AvgIpc) is 2.22. The van der Waals surface area contributed by atoms with Gasteiger partial charge in [0.2, 0.25) is 0 Å². The van der Waals surface area contributed by atoms with Gasteiger partial charge in [-0.25, -0.2) is 0 Å². The molecule has 0 aliphatic heterocycles. The number of likely N-dealkylation sites (N-methyl/N-ethyl adjacent to an activating group) is 1. The molecule has 15 heavy (non-hydrogen) atoms. The molecule has 0 heterocycles. The van der Waals surface area contributed by atoms with Gasteiger partial charge in [0.05, 0.1) is 0 Å². The summed E-state index contributed by atoms with van der Waals surface area (Å²) in [5, 5.41) is 5.85. The van der Waals surface area contributed by atoms with Crippen LogP contribution in [0.15, 0.2) is 18.2 Å². The standard InChI is InChI=1S/C12H18N2O/c1-9-5-4-6-11(10(9)2)12(15)14-8-7-13-3/h4-6,13H,7-8H2,1-3H3,(H,14,15). The number of hydrogen-bond donors (Lipinski definition) is 2. The highest BCUT2D eigenvalue weighted by Crippen LogP contribution is 2.12. The molecule has 0 aliphatic rings. The van der Waals surface area contributed by atoms with Crippen LogP contribution in [0.1, 0.15) is 21.5 Å². The van der Waals surface area contributed by atoms with Crippen LogP contribution in [0.4, 0.5) is 0 Å². The van der Waals surface area contributed by atoms with Gasteiger partial charge in [-0.3, -0.25) is 4.79 Å². The van der Waals surface area contributed by atoms with Crippen LogP contribution in [0.5, 0.6) is 0 Å². The Bertz CT molecular complexity index is 347. The van der Waals surface area contributed by atoms with Gasteiger partial charge in [0.25, 0.3) is 5.91 Å². The van der Waals surface area contributed by atoms with Crippen LogP contribution in [-0.4, -0.2) is 26.0 Å². The van der Waals surface area contributed by atoms with Gasteiger partial charge in [0.1, 0.15) is 0 Å². The molecule has 1 amide bonds. The molecule has 0 atom stereocenters. The minimum atomic E-state index is 0.00597. The number of carbonyl (C=O) groups excluding carboxylic acids is 1.